The van der Waals surface area contributed by atoms with Crippen LogP contribution in [0.25, 0.3) is 0 Å². The van der Waals surface area contributed by atoms with Gasteiger partial charge in [0.05, 0.1) is 11.8 Å². The van der Waals surface area contributed by atoms with Gasteiger partial charge < -0.3 is 0 Å². The maximum Gasteiger partial charge on any atom is 0.212 e. The molecule has 0 aliphatic heterocycles. The van der Waals surface area contributed by atoms with Crippen LogP contribution in [0.1, 0.15) is 29.8 Å². The molecular weight excluding hydrogens is 290 g/mol. The standard InChI is InChI=1S/C15H19NO2S2/c1-13(15-10-5-11-19-15)16-20(17,18)12-6-9-14-7-3-2-4-8-14/h2-5,7-8,10-11,13,16H,6,9,12H2,1H3. The Morgan fingerprint density at radius 3 is 2.55 bits per heavy atom. The second-order valence-corrected chi connectivity index (χ2v) is 7.62. The van der Waals surface area contributed by atoms with Crippen molar-refractivity contribution in [2.75, 3.05) is 5.75 Å². The van der Waals surface area contributed by atoms with Gasteiger partial charge in [-0.15, -0.1) is 11.3 Å². The molecule has 1 aromatic carbocycles. The lowest BCUT2D eigenvalue weighted by Gasteiger charge is -2.12. The van der Waals surface area contributed by atoms with E-state index >= 15 is 0 Å². The van der Waals surface area contributed by atoms with Crippen LogP contribution in [-0.4, -0.2) is 14.2 Å². The van der Waals surface area contributed by atoms with Gasteiger partial charge >= 0.3 is 0 Å². The summed E-state index contributed by atoms with van der Waals surface area (Å²) in [6.07, 6.45) is 1.42. The van der Waals surface area contributed by atoms with E-state index in [4.69, 9.17) is 0 Å². The minimum Gasteiger partial charge on any atom is -0.212 e. The fraction of sp³-hybridized carbons (Fsp3) is 0.333. The predicted molar refractivity (Wildman–Crippen MR) is 84.4 cm³/mol. The molecular formula is C15H19NO2S2. The number of nitrogens with one attached hydrogen (secondary N) is 1. The molecule has 5 heteroatoms. The number of aryl methyl sites for hydroxylation is 1. The van der Waals surface area contributed by atoms with Gasteiger partial charge in [0.1, 0.15) is 0 Å². The Balaban J connectivity index is 1.82. The molecule has 0 saturated carbocycles. The second kappa shape index (κ2) is 7.02. The average Bonchev–Trinajstić information content (AvgIpc) is 2.93. The van der Waals surface area contributed by atoms with Crippen LogP contribution in [0.3, 0.4) is 0 Å². The van der Waals surface area contributed by atoms with Crippen LogP contribution in [0.4, 0.5) is 0 Å². The Kier molecular flexibility index (Phi) is 5.34. The van der Waals surface area contributed by atoms with E-state index in [-0.39, 0.29) is 11.8 Å². The molecule has 1 N–H and O–H groups in total. The van der Waals surface area contributed by atoms with Crippen molar-refractivity contribution in [3.63, 3.8) is 0 Å². The molecule has 108 valence electrons. The first-order valence-corrected chi connectivity index (χ1v) is 9.17. The lowest BCUT2D eigenvalue weighted by molar-refractivity contribution is 0.566. The van der Waals surface area contributed by atoms with Gasteiger partial charge in [-0.3, -0.25) is 0 Å². The van der Waals surface area contributed by atoms with E-state index in [0.717, 1.165) is 11.3 Å². The Morgan fingerprint density at radius 2 is 1.90 bits per heavy atom. The number of thiophene rings is 1. The molecule has 0 aliphatic rings. The average molecular weight is 309 g/mol. The van der Waals surface area contributed by atoms with E-state index in [1.807, 2.05) is 54.8 Å². The fourth-order valence-electron chi connectivity index (χ4n) is 2.03. The predicted octanol–water partition coefficient (Wildman–Crippen LogP) is 3.36. The molecule has 0 amide bonds. The topological polar surface area (TPSA) is 46.2 Å². The van der Waals surface area contributed by atoms with Crippen LogP contribution in [0.15, 0.2) is 47.8 Å². The minimum absolute atomic E-state index is 0.156. The van der Waals surface area contributed by atoms with Gasteiger partial charge in [-0.25, -0.2) is 13.1 Å². The van der Waals surface area contributed by atoms with Crippen LogP contribution >= 0.6 is 11.3 Å². The lowest BCUT2D eigenvalue weighted by Crippen LogP contribution is -2.28. The number of benzene rings is 1. The molecule has 0 radical (unpaired) electrons. The van der Waals surface area contributed by atoms with Crippen LogP contribution in [0.5, 0.6) is 0 Å². The number of rotatable bonds is 7. The van der Waals surface area contributed by atoms with Crippen molar-refractivity contribution in [3.8, 4) is 0 Å². The van der Waals surface area contributed by atoms with Crippen LogP contribution < -0.4 is 4.72 Å². The highest BCUT2D eigenvalue weighted by Gasteiger charge is 2.16. The second-order valence-electron chi connectivity index (χ2n) is 4.76. The number of hydrogen-bond donors (Lipinski definition) is 1. The summed E-state index contributed by atoms with van der Waals surface area (Å²) in [6, 6.07) is 13.7. The third kappa shape index (κ3) is 4.74. The summed E-state index contributed by atoms with van der Waals surface area (Å²) in [6.45, 7) is 1.88. The molecule has 0 bridgehead atoms. The third-order valence-corrected chi connectivity index (χ3v) is 5.64. The summed E-state index contributed by atoms with van der Waals surface area (Å²) in [5.74, 6) is 0.164. The zero-order chi connectivity index (χ0) is 14.4. The van der Waals surface area contributed by atoms with E-state index in [2.05, 4.69) is 4.72 Å². The van der Waals surface area contributed by atoms with Crippen molar-refractivity contribution < 1.29 is 8.42 Å². The minimum atomic E-state index is -3.22. The van der Waals surface area contributed by atoms with E-state index in [9.17, 15) is 8.42 Å². The van der Waals surface area contributed by atoms with Crippen LogP contribution in [0, 0.1) is 0 Å². The van der Waals surface area contributed by atoms with Crippen molar-refractivity contribution >= 4 is 21.4 Å². The highest BCUT2D eigenvalue weighted by atomic mass is 32.2. The summed E-state index contributed by atoms with van der Waals surface area (Å²) in [5, 5.41) is 1.95. The molecule has 0 saturated heterocycles. The van der Waals surface area contributed by atoms with Gasteiger partial charge in [-0.05, 0) is 36.8 Å². The highest BCUT2D eigenvalue weighted by molar-refractivity contribution is 7.89. The van der Waals surface area contributed by atoms with Gasteiger partial charge in [0.15, 0.2) is 0 Å². The van der Waals surface area contributed by atoms with Gasteiger partial charge in [-0.2, -0.15) is 0 Å². The van der Waals surface area contributed by atoms with Crippen molar-refractivity contribution in [1.82, 2.24) is 4.72 Å². The van der Waals surface area contributed by atoms with E-state index in [1.54, 1.807) is 11.3 Å². The highest BCUT2D eigenvalue weighted by Crippen LogP contribution is 2.19. The van der Waals surface area contributed by atoms with Gasteiger partial charge in [0.2, 0.25) is 10.0 Å². The van der Waals surface area contributed by atoms with E-state index in [1.165, 1.54) is 5.56 Å². The van der Waals surface area contributed by atoms with Gasteiger partial charge in [-0.1, -0.05) is 36.4 Å². The van der Waals surface area contributed by atoms with Crippen LogP contribution in [-0.2, 0) is 16.4 Å². The Hall–Kier alpha value is -1.17. The molecule has 0 fully saturated rings. The molecule has 1 unspecified atom stereocenters. The SMILES string of the molecule is CC(NS(=O)(=O)CCCc1ccccc1)c1cccs1. The molecule has 1 heterocycles. The molecule has 0 aliphatic carbocycles. The van der Waals surface area contributed by atoms with Crippen LogP contribution in [0.2, 0.25) is 0 Å². The summed E-state index contributed by atoms with van der Waals surface area (Å²) in [4.78, 5) is 1.04. The first-order valence-electron chi connectivity index (χ1n) is 6.64. The lowest BCUT2D eigenvalue weighted by atomic mass is 10.1. The molecule has 0 spiro atoms. The Bertz CT molecular complexity index is 607. The Labute approximate surface area is 124 Å². The number of hydrogen-bond acceptors (Lipinski definition) is 3. The van der Waals surface area contributed by atoms with Crippen molar-refractivity contribution in [2.24, 2.45) is 0 Å². The fourth-order valence-corrected chi connectivity index (χ4v) is 4.15. The molecule has 2 rings (SSSR count). The largest absolute Gasteiger partial charge is 0.212 e. The third-order valence-electron chi connectivity index (χ3n) is 3.05. The Morgan fingerprint density at radius 1 is 1.15 bits per heavy atom. The van der Waals surface area contributed by atoms with Crippen molar-refractivity contribution in [1.29, 1.82) is 0 Å². The maximum absolute atomic E-state index is 12.0. The molecule has 1 aromatic heterocycles. The van der Waals surface area contributed by atoms with Crippen molar-refractivity contribution in [3.05, 3.63) is 58.3 Å². The normalized spacial score (nSPS) is 13.2. The molecule has 20 heavy (non-hydrogen) atoms. The maximum atomic E-state index is 12.0. The smallest absolute Gasteiger partial charge is 0.212 e. The first-order chi connectivity index (χ1) is 9.57. The molecule has 2 aromatic rings. The quantitative estimate of drug-likeness (QED) is 0.852. The summed E-state index contributed by atoms with van der Waals surface area (Å²) in [5.41, 5.74) is 1.18. The summed E-state index contributed by atoms with van der Waals surface area (Å²) >= 11 is 1.57. The zero-order valence-electron chi connectivity index (χ0n) is 11.5. The summed E-state index contributed by atoms with van der Waals surface area (Å²) < 4.78 is 26.8. The molecule has 1 atom stereocenters. The van der Waals surface area contributed by atoms with E-state index in [0.29, 0.717) is 6.42 Å². The molecule has 3 nitrogen and oxygen atoms in total. The van der Waals surface area contributed by atoms with E-state index < -0.39 is 10.0 Å². The monoisotopic (exact) mass is 309 g/mol. The summed E-state index contributed by atoms with van der Waals surface area (Å²) in [7, 11) is -3.22. The number of sulfonamides is 1. The zero-order valence-corrected chi connectivity index (χ0v) is 13.1. The van der Waals surface area contributed by atoms with Gasteiger partial charge in [0, 0.05) is 4.88 Å². The van der Waals surface area contributed by atoms with Crippen molar-refractivity contribution in [2.45, 2.75) is 25.8 Å². The first kappa shape index (κ1) is 15.2. The van der Waals surface area contributed by atoms with Gasteiger partial charge in [0.25, 0.3) is 0 Å².